The fourth-order valence-electron chi connectivity index (χ4n) is 2.48. The number of methoxy groups -OCH3 is 1. The summed E-state index contributed by atoms with van der Waals surface area (Å²) >= 11 is 1.47. The molecule has 0 bridgehead atoms. The maximum absolute atomic E-state index is 11.9. The van der Waals surface area contributed by atoms with Gasteiger partial charge in [0, 0.05) is 11.3 Å². The third kappa shape index (κ3) is 4.64. The van der Waals surface area contributed by atoms with Gasteiger partial charge in [-0.15, -0.1) is 10.2 Å². The molecule has 8 heteroatoms. The molecular weight excluding hydrogens is 376 g/mol. The minimum atomic E-state index is -0.319. The van der Waals surface area contributed by atoms with Gasteiger partial charge >= 0.3 is 5.97 Å². The number of benzene rings is 2. The van der Waals surface area contributed by atoms with Crippen LogP contribution in [-0.2, 0) is 10.5 Å². The molecule has 0 spiro atoms. The normalized spacial score (nSPS) is 10.9. The highest BCUT2D eigenvalue weighted by Gasteiger charge is 2.13. The number of esters is 1. The highest BCUT2D eigenvalue weighted by Crippen LogP contribution is 2.25. The Morgan fingerprint density at radius 2 is 1.79 bits per heavy atom. The van der Waals surface area contributed by atoms with E-state index in [-0.39, 0.29) is 12.1 Å². The summed E-state index contributed by atoms with van der Waals surface area (Å²) in [6, 6.07) is 14.8. The van der Waals surface area contributed by atoms with Crippen LogP contribution in [-0.4, -0.2) is 34.1 Å². The largest absolute Gasteiger partial charge is 0.497 e. The Labute approximate surface area is 167 Å². The molecule has 1 aromatic heterocycles. The smallest absolute Gasteiger partial charge is 0.338 e. The van der Waals surface area contributed by atoms with E-state index in [0.29, 0.717) is 22.3 Å². The van der Waals surface area contributed by atoms with E-state index in [4.69, 9.17) is 15.3 Å². The second-order valence-electron chi connectivity index (χ2n) is 6.34. The zero-order valence-electron chi connectivity index (χ0n) is 16.0. The molecular formula is C20H22N4O3S. The summed E-state index contributed by atoms with van der Waals surface area (Å²) < 4.78 is 11.8. The van der Waals surface area contributed by atoms with E-state index < -0.39 is 0 Å². The van der Waals surface area contributed by atoms with Crippen LogP contribution in [0.4, 0.5) is 0 Å². The van der Waals surface area contributed by atoms with Crippen molar-refractivity contribution in [2.75, 3.05) is 13.0 Å². The monoisotopic (exact) mass is 398 g/mol. The summed E-state index contributed by atoms with van der Waals surface area (Å²) in [6.07, 6.45) is -0.140. The molecule has 28 heavy (non-hydrogen) atoms. The van der Waals surface area contributed by atoms with Crippen LogP contribution in [0.2, 0.25) is 0 Å². The Kier molecular flexibility index (Phi) is 6.20. The number of rotatable bonds is 7. The van der Waals surface area contributed by atoms with E-state index in [1.807, 2.05) is 50.2 Å². The van der Waals surface area contributed by atoms with Gasteiger partial charge in [-0.2, -0.15) is 0 Å². The van der Waals surface area contributed by atoms with Crippen LogP contribution >= 0.6 is 11.8 Å². The number of nitrogen functional groups attached to an aromatic ring is 1. The Morgan fingerprint density at radius 1 is 1.11 bits per heavy atom. The molecule has 0 atom stereocenters. The van der Waals surface area contributed by atoms with E-state index in [1.54, 1.807) is 19.2 Å². The topological polar surface area (TPSA) is 92.3 Å². The van der Waals surface area contributed by atoms with Crippen LogP contribution in [0.1, 0.15) is 29.8 Å². The summed E-state index contributed by atoms with van der Waals surface area (Å²) in [5.41, 5.74) is 2.43. The van der Waals surface area contributed by atoms with Gasteiger partial charge in [0.05, 0.1) is 18.8 Å². The van der Waals surface area contributed by atoms with Gasteiger partial charge in [-0.25, -0.2) is 9.47 Å². The molecule has 0 aliphatic rings. The van der Waals surface area contributed by atoms with Crippen LogP contribution in [0.15, 0.2) is 53.7 Å². The van der Waals surface area contributed by atoms with Crippen molar-refractivity contribution in [2.24, 2.45) is 0 Å². The average Bonchev–Trinajstić information content (AvgIpc) is 3.06. The standard InChI is InChI=1S/C20H22N4O3S/c1-13(2)27-19(25)16-6-4-14(5-7-16)12-28-20-23-22-18(24(20)21)15-8-10-17(26-3)11-9-15/h4-11,13H,12,21H2,1-3H3. The first-order valence-electron chi connectivity index (χ1n) is 8.75. The third-order valence-electron chi connectivity index (χ3n) is 3.91. The molecule has 146 valence electrons. The number of nitrogens with zero attached hydrogens (tertiary/aromatic N) is 3. The number of thioether (sulfide) groups is 1. The van der Waals surface area contributed by atoms with Gasteiger partial charge in [-0.05, 0) is 55.8 Å². The molecule has 0 fully saturated rings. The quantitative estimate of drug-likeness (QED) is 0.370. The SMILES string of the molecule is COc1ccc(-c2nnc(SCc3ccc(C(=O)OC(C)C)cc3)n2N)cc1. The Balaban J connectivity index is 1.65. The van der Waals surface area contributed by atoms with Gasteiger partial charge in [0.25, 0.3) is 0 Å². The molecule has 0 amide bonds. The maximum Gasteiger partial charge on any atom is 0.338 e. The summed E-state index contributed by atoms with van der Waals surface area (Å²) in [7, 11) is 1.62. The first-order chi connectivity index (χ1) is 13.5. The lowest BCUT2D eigenvalue weighted by Crippen LogP contribution is -2.12. The van der Waals surface area contributed by atoms with E-state index in [9.17, 15) is 4.79 Å². The van der Waals surface area contributed by atoms with Crippen molar-refractivity contribution in [3.8, 4) is 17.1 Å². The Bertz CT molecular complexity index is 937. The molecule has 0 unspecified atom stereocenters. The van der Waals surface area contributed by atoms with E-state index in [1.165, 1.54) is 16.4 Å². The van der Waals surface area contributed by atoms with E-state index >= 15 is 0 Å². The molecule has 2 N–H and O–H groups in total. The van der Waals surface area contributed by atoms with Crippen molar-refractivity contribution in [1.82, 2.24) is 14.9 Å². The molecule has 2 aromatic carbocycles. The predicted octanol–water partition coefficient (Wildman–Crippen LogP) is 3.53. The Hall–Kier alpha value is -3.00. The highest BCUT2D eigenvalue weighted by atomic mass is 32.2. The van der Waals surface area contributed by atoms with Crippen molar-refractivity contribution >= 4 is 17.7 Å². The van der Waals surface area contributed by atoms with Crippen LogP contribution in [0.5, 0.6) is 5.75 Å². The third-order valence-corrected chi connectivity index (χ3v) is 4.93. The summed E-state index contributed by atoms with van der Waals surface area (Å²) in [5, 5.41) is 8.96. The number of ether oxygens (including phenoxy) is 2. The molecule has 7 nitrogen and oxygen atoms in total. The maximum atomic E-state index is 11.9. The van der Waals surface area contributed by atoms with Crippen molar-refractivity contribution in [2.45, 2.75) is 30.9 Å². The van der Waals surface area contributed by atoms with Crippen molar-refractivity contribution in [1.29, 1.82) is 0 Å². The minimum absolute atomic E-state index is 0.140. The molecule has 0 saturated heterocycles. The molecule has 0 radical (unpaired) electrons. The second kappa shape index (κ2) is 8.79. The van der Waals surface area contributed by atoms with Crippen molar-refractivity contribution < 1.29 is 14.3 Å². The van der Waals surface area contributed by atoms with Crippen LogP contribution in [0.3, 0.4) is 0 Å². The zero-order chi connectivity index (χ0) is 20.1. The van der Waals surface area contributed by atoms with Crippen molar-refractivity contribution in [3.05, 3.63) is 59.7 Å². The lowest BCUT2D eigenvalue weighted by molar-refractivity contribution is 0.0378. The lowest BCUT2D eigenvalue weighted by atomic mass is 10.1. The molecule has 1 heterocycles. The summed E-state index contributed by atoms with van der Waals surface area (Å²) in [4.78, 5) is 11.9. The fraction of sp³-hybridized carbons (Fsp3) is 0.250. The molecule has 0 aliphatic carbocycles. The summed E-state index contributed by atoms with van der Waals surface area (Å²) in [5.74, 6) is 7.84. The van der Waals surface area contributed by atoms with E-state index in [0.717, 1.165) is 16.9 Å². The first-order valence-corrected chi connectivity index (χ1v) is 9.74. The van der Waals surface area contributed by atoms with Gasteiger partial charge < -0.3 is 15.3 Å². The van der Waals surface area contributed by atoms with Crippen LogP contribution in [0, 0.1) is 0 Å². The first kappa shape index (κ1) is 19.8. The molecule has 0 saturated carbocycles. The lowest BCUT2D eigenvalue weighted by Gasteiger charge is -2.08. The number of carbonyl (C=O) groups excluding carboxylic acids is 1. The Morgan fingerprint density at radius 3 is 2.39 bits per heavy atom. The molecule has 0 aliphatic heterocycles. The number of aromatic nitrogens is 3. The molecule has 3 rings (SSSR count). The minimum Gasteiger partial charge on any atom is -0.497 e. The van der Waals surface area contributed by atoms with Crippen LogP contribution < -0.4 is 10.6 Å². The van der Waals surface area contributed by atoms with Crippen molar-refractivity contribution in [3.63, 3.8) is 0 Å². The number of hydrogen-bond donors (Lipinski definition) is 1. The average molecular weight is 398 g/mol. The van der Waals surface area contributed by atoms with E-state index in [2.05, 4.69) is 10.2 Å². The number of hydrogen-bond acceptors (Lipinski definition) is 7. The second-order valence-corrected chi connectivity index (χ2v) is 7.29. The van der Waals surface area contributed by atoms with Crippen LogP contribution in [0.25, 0.3) is 11.4 Å². The summed E-state index contributed by atoms with van der Waals surface area (Å²) in [6.45, 7) is 3.65. The highest BCUT2D eigenvalue weighted by molar-refractivity contribution is 7.98. The fourth-order valence-corrected chi connectivity index (χ4v) is 3.29. The zero-order valence-corrected chi connectivity index (χ0v) is 16.8. The van der Waals surface area contributed by atoms with Gasteiger partial charge in [-0.1, -0.05) is 23.9 Å². The van der Waals surface area contributed by atoms with Gasteiger partial charge in [0.1, 0.15) is 5.75 Å². The number of carbonyl (C=O) groups is 1. The van der Waals surface area contributed by atoms with Gasteiger partial charge in [-0.3, -0.25) is 0 Å². The van der Waals surface area contributed by atoms with Gasteiger partial charge in [0.2, 0.25) is 5.16 Å². The number of nitrogens with two attached hydrogens (primary N) is 1. The molecule has 3 aromatic rings. The predicted molar refractivity (Wildman–Crippen MR) is 109 cm³/mol. The van der Waals surface area contributed by atoms with Gasteiger partial charge in [0.15, 0.2) is 5.82 Å².